The molecule has 1 aromatic heterocycles. The molecule has 2 unspecified atom stereocenters. The average Bonchev–Trinajstić information content (AvgIpc) is 2.78. The SMILES string of the molecule is CC1(C)C(C(=O)O)C1c1nc(Cc2ccc(Cl)cc2)no1. The standard InChI is InChI=1S/C15H15ClN2O3/c1-15(2)11(12(15)14(19)20)13-17-10(18-21-13)7-8-3-5-9(16)6-4-8/h3-6,11-12H,7H2,1-2H3,(H,19,20). The molecule has 2 aromatic rings. The molecule has 1 aliphatic rings. The Balaban J connectivity index is 1.75. The van der Waals surface area contributed by atoms with Gasteiger partial charge in [-0.2, -0.15) is 4.98 Å². The normalized spacial score (nSPS) is 23.0. The summed E-state index contributed by atoms with van der Waals surface area (Å²) in [5, 5.41) is 13.8. The highest BCUT2D eigenvalue weighted by Gasteiger charge is 2.65. The van der Waals surface area contributed by atoms with Crippen LogP contribution in [0.1, 0.15) is 37.0 Å². The second-order valence-electron chi connectivity index (χ2n) is 5.97. The van der Waals surface area contributed by atoms with E-state index >= 15 is 0 Å². The van der Waals surface area contributed by atoms with E-state index in [0.29, 0.717) is 23.2 Å². The number of rotatable bonds is 4. The van der Waals surface area contributed by atoms with Gasteiger partial charge in [0.05, 0.1) is 11.8 Å². The maximum atomic E-state index is 11.2. The first kappa shape index (κ1) is 14.1. The molecule has 0 saturated heterocycles. The summed E-state index contributed by atoms with van der Waals surface area (Å²) in [6.45, 7) is 3.80. The Morgan fingerprint density at radius 2 is 2.05 bits per heavy atom. The predicted molar refractivity (Wildman–Crippen MR) is 76.2 cm³/mol. The Morgan fingerprint density at radius 1 is 1.38 bits per heavy atom. The highest BCUT2D eigenvalue weighted by molar-refractivity contribution is 6.30. The Kier molecular flexibility index (Phi) is 3.24. The lowest BCUT2D eigenvalue weighted by molar-refractivity contribution is -0.139. The number of carbonyl (C=O) groups is 1. The number of aromatic nitrogens is 2. The molecule has 5 nitrogen and oxygen atoms in total. The summed E-state index contributed by atoms with van der Waals surface area (Å²) in [5.41, 5.74) is 0.687. The minimum absolute atomic E-state index is 0.207. The summed E-state index contributed by atoms with van der Waals surface area (Å²) in [4.78, 5) is 15.5. The van der Waals surface area contributed by atoms with E-state index in [1.54, 1.807) is 0 Å². The molecular weight excluding hydrogens is 292 g/mol. The van der Waals surface area contributed by atoms with Crippen molar-refractivity contribution in [2.45, 2.75) is 26.2 Å². The van der Waals surface area contributed by atoms with Crippen molar-refractivity contribution in [1.29, 1.82) is 0 Å². The van der Waals surface area contributed by atoms with E-state index in [1.807, 2.05) is 38.1 Å². The minimum Gasteiger partial charge on any atom is -0.481 e. The second-order valence-corrected chi connectivity index (χ2v) is 6.40. The van der Waals surface area contributed by atoms with Crippen LogP contribution in [0, 0.1) is 11.3 Å². The van der Waals surface area contributed by atoms with Crippen molar-refractivity contribution >= 4 is 17.6 Å². The van der Waals surface area contributed by atoms with E-state index in [9.17, 15) is 9.90 Å². The predicted octanol–water partition coefficient (Wildman–Crippen LogP) is 3.14. The molecule has 0 bridgehead atoms. The molecular formula is C15H15ClN2O3. The van der Waals surface area contributed by atoms with Crippen molar-refractivity contribution in [1.82, 2.24) is 10.1 Å². The van der Waals surface area contributed by atoms with Crippen LogP contribution < -0.4 is 0 Å². The summed E-state index contributed by atoms with van der Waals surface area (Å²) >= 11 is 5.84. The smallest absolute Gasteiger partial charge is 0.307 e. The molecule has 0 aliphatic heterocycles. The zero-order valence-corrected chi connectivity index (χ0v) is 12.5. The number of hydrogen-bond donors (Lipinski definition) is 1. The summed E-state index contributed by atoms with van der Waals surface area (Å²) in [7, 11) is 0. The van der Waals surface area contributed by atoms with Crippen LogP contribution in [0.15, 0.2) is 28.8 Å². The van der Waals surface area contributed by atoms with Crippen molar-refractivity contribution < 1.29 is 14.4 Å². The third-order valence-corrected chi connectivity index (χ3v) is 4.37. The number of carboxylic acids is 1. The van der Waals surface area contributed by atoms with Crippen LogP contribution in [-0.4, -0.2) is 21.2 Å². The van der Waals surface area contributed by atoms with Gasteiger partial charge in [0.25, 0.3) is 0 Å². The van der Waals surface area contributed by atoms with Crippen molar-refractivity contribution in [3.63, 3.8) is 0 Å². The fourth-order valence-corrected chi connectivity index (χ4v) is 2.94. The molecule has 110 valence electrons. The highest BCUT2D eigenvalue weighted by atomic mass is 35.5. The van der Waals surface area contributed by atoms with E-state index in [-0.39, 0.29) is 11.3 Å². The minimum atomic E-state index is -0.817. The zero-order chi connectivity index (χ0) is 15.2. The Bertz CT molecular complexity index is 678. The van der Waals surface area contributed by atoms with Gasteiger partial charge in [0.1, 0.15) is 0 Å². The first-order valence-electron chi connectivity index (χ1n) is 6.69. The van der Waals surface area contributed by atoms with Gasteiger partial charge in [0.15, 0.2) is 5.82 Å². The monoisotopic (exact) mass is 306 g/mol. The summed E-state index contributed by atoms with van der Waals surface area (Å²) in [5.74, 6) is -0.513. The lowest BCUT2D eigenvalue weighted by Crippen LogP contribution is -2.03. The summed E-state index contributed by atoms with van der Waals surface area (Å²) < 4.78 is 5.25. The molecule has 1 heterocycles. The van der Waals surface area contributed by atoms with E-state index in [2.05, 4.69) is 10.1 Å². The number of benzene rings is 1. The van der Waals surface area contributed by atoms with Gasteiger partial charge in [-0.3, -0.25) is 4.79 Å². The molecule has 1 aliphatic carbocycles. The van der Waals surface area contributed by atoms with Gasteiger partial charge >= 0.3 is 5.97 Å². The molecule has 2 atom stereocenters. The van der Waals surface area contributed by atoms with Crippen LogP contribution in [0.25, 0.3) is 0 Å². The number of nitrogens with zero attached hydrogens (tertiary/aromatic N) is 2. The molecule has 1 saturated carbocycles. The van der Waals surface area contributed by atoms with Crippen molar-refractivity contribution in [3.05, 3.63) is 46.6 Å². The lowest BCUT2D eigenvalue weighted by atomic mass is 10.1. The molecule has 0 amide bonds. The number of hydrogen-bond acceptors (Lipinski definition) is 4. The first-order valence-corrected chi connectivity index (χ1v) is 7.07. The van der Waals surface area contributed by atoms with E-state index in [1.165, 1.54) is 0 Å². The van der Waals surface area contributed by atoms with Gasteiger partial charge < -0.3 is 9.63 Å². The molecule has 0 radical (unpaired) electrons. The number of halogens is 1. The van der Waals surface area contributed by atoms with Crippen molar-refractivity contribution in [3.8, 4) is 0 Å². The second kappa shape index (κ2) is 4.84. The average molecular weight is 307 g/mol. The van der Waals surface area contributed by atoms with Gasteiger partial charge in [-0.25, -0.2) is 0 Å². The molecule has 0 spiro atoms. The Hall–Kier alpha value is -1.88. The van der Waals surface area contributed by atoms with Crippen LogP contribution in [0.4, 0.5) is 0 Å². The van der Waals surface area contributed by atoms with E-state index in [4.69, 9.17) is 16.1 Å². The van der Waals surface area contributed by atoms with Crippen molar-refractivity contribution in [2.24, 2.45) is 11.3 Å². The molecule has 6 heteroatoms. The van der Waals surface area contributed by atoms with Gasteiger partial charge in [0.2, 0.25) is 5.89 Å². The molecule has 21 heavy (non-hydrogen) atoms. The van der Waals surface area contributed by atoms with Crippen LogP contribution in [-0.2, 0) is 11.2 Å². The van der Waals surface area contributed by atoms with Gasteiger partial charge in [-0.1, -0.05) is 42.7 Å². The van der Waals surface area contributed by atoms with Gasteiger partial charge in [-0.05, 0) is 23.1 Å². The highest BCUT2D eigenvalue weighted by Crippen LogP contribution is 2.63. The van der Waals surface area contributed by atoms with E-state index in [0.717, 1.165) is 5.56 Å². The summed E-state index contributed by atoms with van der Waals surface area (Å²) in [6, 6.07) is 7.42. The molecule has 1 N–H and O–H groups in total. The zero-order valence-electron chi connectivity index (χ0n) is 11.7. The molecule has 1 fully saturated rings. The lowest BCUT2D eigenvalue weighted by Gasteiger charge is -1.97. The molecule has 1 aromatic carbocycles. The van der Waals surface area contributed by atoms with Crippen molar-refractivity contribution in [2.75, 3.05) is 0 Å². The van der Waals surface area contributed by atoms with Crippen LogP contribution in [0.2, 0.25) is 5.02 Å². The summed E-state index contributed by atoms with van der Waals surface area (Å²) in [6.07, 6.45) is 0.533. The molecule has 3 rings (SSSR count). The van der Waals surface area contributed by atoms with Crippen LogP contribution >= 0.6 is 11.6 Å². The van der Waals surface area contributed by atoms with Gasteiger partial charge in [0, 0.05) is 11.4 Å². The Labute approximate surface area is 126 Å². The topological polar surface area (TPSA) is 76.2 Å². The Morgan fingerprint density at radius 3 is 2.62 bits per heavy atom. The number of aliphatic carboxylic acids is 1. The maximum absolute atomic E-state index is 11.2. The van der Waals surface area contributed by atoms with Crippen LogP contribution in [0.3, 0.4) is 0 Å². The third-order valence-electron chi connectivity index (χ3n) is 4.12. The fourth-order valence-electron chi connectivity index (χ4n) is 2.81. The first-order chi connectivity index (χ1) is 9.89. The quantitative estimate of drug-likeness (QED) is 0.939. The third kappa shape index (κ3) is 2.53. The van der Waals surface area contributed by atoms with E-state index < -0.39 is 11.9 Å². The largest absolute Gasteiger partial charge is 0.481 e. The van der Waals surface area contributed by atoms with Gasteiger partial charge in [-0.15, -0.1) is 0 Å². The maximum Gasteiger partial charge on any atom is 0.307 e. The number of carboxylic acid groups (broad SMARTS) is 1. The fraction of sp³-hybridized carbons (Fsp3) is 0.400. The van der Waals surface area contributed by atoms with Crippen LogP contribution in [0.5, 0.6) is 0 Å².